The number of thioether (sulfide) groups is 1. The van der Waals surface area contributed by atoms with Crippen LogP contribution in [-0.2, 0) is 11.2 Å². The average Bonchev–Trinajstić information content (AvgIpc) is 2.91. The Bertz CT molecular complexity index is 680. The fourth-order valence-electron chi connectivity index (χ4n) is 2.07. The van der Waals surface area contributed by atoms with Gasteiger partial charge in [0.15, 0.2) is 11.5 Å². The number of carbonyl (C=O) groups excluding carboxylic acids is 1. The first-order valence-corrected chi connectivity index (χ1v) is 8.56. The van der Waals surface area contributed by atoms with Crippen molar-refractivity contribution in [2.24, 2.45) is 0 Å². The summed E-state index contributed by atoms with van der Waals surface area (Å²) in [5.74, 6) is 2.40. The van der Waals surface area contributed by atoms with Gasteiger partial charge in [-0.05, 0) is 38.0 Å². The molecule has 0 radical (unpaired) electrons. The van der Waals surface area contributed by atoms with Crippen LogP contribution in [0, 0.1) is 13.8 Å². The van der Waals surface area contributed by atoms with Crippen molar-refractivity contribution in [1.29, 1.82) is 0 Å². The molecule has 0 aliphatic rings. The van der Waals surface area contributed by atoms with Crippen LogP contribution in [0.4, 0.5) is 0 Å². The molecule has 24 heavy (non-hydrogen) atoms. The zero-order chi connectivity index (χ0) is 17.5. The van der Waals surface area contributed by atoms with Crippen molar-refractivity contribution in [1.82, 2.24) is 10.3 Å². The van der Waals surface area contributed by atoms with E-state index in [1.165, 1.54) is 11.8 Å². The van der Waals surface area contributed by atoms with E-state index in [-0.39, 0.29) is 11.7 Å². The van der Waals surface area contributed by atoms with Gasteiger partial charge >= 0.3 is 0 Å². The van der Waals surface area contributed by atoms with Crippen LogP contribution in [0.5, 0.6) is 11.5 Å². The van der Waals surface area contributed by atoms with Gasteiger partial charge in [0.05, 0.1) is 25.7 Å². The first-order valence-electron chi connectivity index (χ1n) is 7.58. The maximum absolute atomic E-state index is 11.9. The van der Waals surface area contributed by atoms with Crippen LogP contribution >= 0.6 is 11.8 Å². The first kappa shape index (κ1) is 18.2. The summed E-state index contributed by atoms with van der Waals surface area (Å²) in [5, 5.41) is 3.42. The van der Waals surface area contributed by atoms with Crippen LogP contribution in [0.15, 0.2) is 27.8 Å². The molecule has 1 amide bonds. The number of hydrogen-bond donors (Lipinski definition) is 1. The third kappa shape index (κ3) is 4.92. The van der Waals surface area contributed by atoms with Crippen LogP contribution in [-0.4, -0.2) is 37.4 Å². The maximum Gasteiger partial charge on any atom is 0.256 e. The van der Waals surface area contributed by atoms with E-state index in [0.29, 0.717) is 29.7 Å². The molecule has 1 aromatic carbocycles. The minimum atomic E-state index is -0.0472. The Morgan fingerprint density at radius 3 is 2.62 bits per heavy atom. The van der Waals surface area contributed by atoms with Gasteiger partial charge in [0.1, 0.15) is 5.76 Å². The minimum Gasteiger partial charge on any atom is -0.493 e. The Hall–Kier alpha value is -2.15. The summed E-state index contributed by atoms with van der Waals surface area (Å²) in [5.41, 5.74) is 1.92. The fraction of sp³-hybridized carbons (Fsp3) is 0.412. The van der Waals surface area contributed by atoms with Gasteiger partial charge in [-0.3, -0.25) is 4.79 Å². The van der Waals surface area contributed by atoms with Gasteiger partial charge in [-0.1, -0.05) is 17.8 Å². The predicted molar refractivity (Wildman–Crippen MR) is 93.0 cm³/mol. The second-order valence-corrected chi connectivity index (χ2v) is 6.13. The molecule has 0 atom stereocenters. The van der Waals surface area contributed by atoms with Crippen LogP contribution < -0.4 is 14.8 Å². The molecule has 0 bridgehead atoms. The highest BCUT2D eigenvalue weighted by Crippen LogP contribution is 2.27. The molecule has 0 saturated heterocycles. The zero-order valence-electron chi connectivity index (χ0n) is 14.3. The molecular weight excluding hydrogens is 328 g/mol. The van der Waals surface area contributed by atoms with Crippen molar-refractivity contribution in [3.8, 4) is 11.5 Å². The summed E-state index contributed by atoms with van der Waals surface area (Å²) in [7, 11) is 3.21. The number of rotatable bonds is 8. The molecule has 1 N–H and O–H groups in total. The Kier molecular flexibility index (Phi) is 6.54. The van der Waals surface area contributed by atoms with Crippen LogP contribution in [0.25, 0.3) is 0 Å². The zero-order valence-corrected chi connectivity index (χ0v) is 15.2. The van der Waals surface area contributed by atoms with E-state index in [1.54, 1.807) is 14.2 Å². The topological polar surface area (TPSA) is 73.6 Å². The van der Waals surface area contributed by atoms with E-state index in [0.717, 1.165) is 17.0 Å². The van der Waals surface area contributed by atoms with Crippen LogP contribution in [0.2, 0.25) is 0 Å². The molecule has 7 heteroatoms. The second kappa shape index (κ2) is 8.63. The van der Waals surface area contributed by atoms with E-state index < -0.39 is 0 Å². The Morgan fingerprint density at radius 2 is 2.00 bits per heavy atom. The van der Waals surface area contributed by atoms with Gasteiger partial charge < -0.3 is 19.2 Å². The summed E-state index contributed by atoms with van der Waals surface area (Å²) < 4.78 is 15.9. The minimum absolute atomic E-state index is 0.0472. The Balaban J connectivity index is 1.76. The number of nitrogens with one attached hydrogen (secondary N) is 1. The van der Waals surface area contributed by atoms with E-state index in [9.17, 15) is 4.79 Å². The van der Waals surface area contributed by atoms with Crippen molar-refractivity contribution < 1.29 is 18.7 Å². The Labute approximate surface area is 145 Å². The molecule has 0 saturated carbocycles. The monoisotopic (exact) mass is 350 g/mol. The molecule has 0 spiro atoms. The number of aryl methyl sites for hydroxylation is 2. The molecule has 1 heterocycles. The van der Waals surface area contributed by atoms with E-state index in [1.807, 2.05) is 32.0 Å². The third-order valence-electron chi connectivity index (χ3n) is 3.52. The number of oxazole rings is 1. The quantitative estimate of drug-likeness (QED) is 0.738. The highest BCUT2D eigenvalue weighted by molar-refractivity contribution is 7.99. The third-order valence-corrected chi connectivity index (χ3v) is 4.35. The van der Waals surface area contributed by atoms with Crippen molar-refractivity contribution in [2.75, 3.05) is 26.5 Å². The van der Waals surface area contributed by atoms with Crippen molar-refractivity contribution in [3.05, 3.63) is 35.2 Å². The summed E-state index contributed by atoms with van der Waals surface area (Å²) in [6.45, 7) is 4.29. The standard InChI is InChI=1S/C17H22N2O4S/c1-11-12(2)23-17(19-11)24-10-16(20)18-8-7-13-5-6-14(21-3)15(9-13)22-4/h5-6,9H,7-8,10H2,1-4H3,(H,18,20). The normalized spacial score (nSPS) is 10.5. The van der Waals surface area contributed by atoms with Gasteiger partial charge in [0.2, 0.25) is 5.91 Å². The molecule has 0 fully saturated rings. The molecule has 6 nitrogen and oxygen atoms in total. The first-order chi connectivity index (χ1) is 11.5. The largest absolute Gasteiger partial charge is 0.493 e. The summed E-state index contributed by atoms with van der Waals surface area (Å²) in [6.07, 6.45) is 0.716. The molecule has 130 valence electrons. The lowest BCUT2D eigenvalue weighted by Crippen LogP contribution is -2.27. The van der Waals surface area contributed by atoms with E-state index in [4.69, 9.17) is 13.9 Å². The number of carbonyl (C=O) groups is 1. The highest BCUT2D eigenvalue weighted by Gasteiger charge is 2.09. The number of hydrogen-bond acceptors (Lipinski definition) is 6. The summed E-state index contributed by atoms with van der Waals surface area (Å²) in [6, 6.07) is 5.73. The lowest BCUT2D eigenvalue weighted by molar-refractivity contribution is -0.118. The summed E-state index contributed by atoms with van der Waals surface area (Å²) in [4.78, 5) is 16.1. The molecule has 1 aromatic heterocycles. The van der Waals surface area contributed by atoms with Gasteiger partial charge in [0.25, 0.3) is 5.22 Å². The maximum atomic E-state index is 11.9. The smallest absolute Gasteiger partial charge is 0.256 e. The van der Waals surface area contributed by atoms with Crippen LogP contribution in [0.1, 0.15) is 17.0 Å². The Morgan fingerprint density at radius 1 is 1.25 bits per heavy atom. The molecular formula is C17H22N2O4S. The van der Waals surface area contributed by atoms with Gasteiger partial charge in [-0.15, -0.1) is 0 Å². The predicted octanol–water partition coefficient (Wildman–Crippen LogP) is 2.76. The lowest BCUT2D eigenvalue weighted by atomic mass is 10.1. The second-order valence-electron chi connectivity index (χ2n) is 5.20. The van der Waals surface area contributed by atoms with Crippen LogP contribution in [0.3, 0.4) is 0 Å². The van der Waals surface area contributed by atoms with Gasteiger partial charge in [0, 0.05) is 6.54 Å². The van der Waals surface area contributed by atoms with Gasteiger partial charge in [-0.25, -0.2) is 4.98 Å². The van der Waals surface area contributed by atoms with E-state index in [2.05, 4.69) is 10.3 Å². The molecule has 0 unspecified atom stereocenters. The fourth-order valence-corrected chi connectivity index (χ4v) is 2.81. The van der Waals surface area contributed by atoms with E-state index >= 15 is 0 Å². The number of aromatic nitrogens is 1. The number of nitrogens with zero attached hydrogens (tertiary/aromatic N) is 1. The number of amides is 1. The average molecular weight is 350 g/mol. The number of methoxy groups -OCH3 is 2. The number of ether oxygens (including phenoxy) is 2. The molecule has 0 aliphatic carbocycles. The molecule has 2 rings (SSSR count). The van der Waals surface area contributed by atoms with Crippen molar-refractivity contribution >= 4 is 17.7 Å². The number of benzene rings is 1. The molecule has 0 aliphatic heterocycles. The SMILES string of the molecule is COc1ccc(CCNC(=O)CSc2nc(C)c(C)o2)cc1OC. The highest BCUT2D eigenvalue weighted by atomic mass is 32.2. The lowest BCUT2D eigenvalue weighted by Gasteiger charge is -2.10. The summed E-state index contributed by atoms with van der Waals surface area (Å²) >= 11 is 1.29. The molecule has 2 aromatic rings. The van der Waals surface area contributed by atoms with Crippen molar-refractivity contribution in [2.45, 2.75) is 25.5 Å². The van der Waals surface area contributed by atoms with Crippen molar-refractivity contribution in [3.63, 3.8) is 0 Å². The van der Waals surface area contributed by atoms with Gasteiger partial charge in [-0.2, -0.15) is 0 Å².